The third-order valence-electron chi connectivity index (χ3n) is 4.01. The number of rotatable bonds is 7. The van der Waals surface area contributed by atoms with Gasteiger partial charge in [0.15, 0.2) is 0 Å². The standard InChI is InChI=1S/C17H26N2O/c1-5-19(6-2)10-9-15(18-4)17-12-14-11-13(3)7-8-16(14)20-17/h7-8,11-12,15,18H,5-6,9-10H2,1-4H3. The third kappa shape index (κ3) is 3.41. The minimum atomic E-state index is 0.281. The second-order valence-corrected chi connectivity index (χ2v) is 5.35. The Hall–Kier alpha value is -1.32. The minimum Gasteiger partial charge on any atom is -0.459 e. The molecule has 1 aromatic heterocycles. The van der Waals surface area contributed by atoms with Crippen molar-refractivity contribution in [1.82, 2.24) is 10.2 Å². The van der Waals surface area contributed by atoms with Crippen LogP contribution in [0.2, 0.25) is 0 Å². The predicted molar refractivity (Wildman–Crippen MR) is 85.2 cm³/mol. The lowest BCUT2D eigenvalue weighted by Gasteiger charge is -2.21. The van der Waals surface area contributed by atoms with Crippen LogP contribution in [0.5, 0.6) is 0 Å². The van der Waals surface area contributed by atoms with Crippen LogP contribution in [0, 0.1) is 6.92 Å². The maximum absolute atomic E-state index is 5.99. The van der Waals surface area contributed by atoms with Crippen molar-refractivity contribution in [1.29, 1.82) is 0 Å². The Morgan fingerprint density at radius 1 is 1.20 bits per heavy atom. The molecule has 20 heavy (non-hydrogen) atoms. The van der Waals surface area contributed by atoms with Crippen molar-refractivity contribution in [3.05, 3.63) is 35.6 Å². The van der Waals surface area contributed by atoms with Gasteiger partial charge in [0, 0.05) is 11.9 Å². The molecular weight excluding hydrogens is 248 g/mol. The number of benzene rings is 1. The van der Waals surface area contributed by atoms with Crippen LogP contribution < -0.4 is 5.32 Å². The van der Waals surface area contributed by atoms with Crippen molar-refractivity contribution < 1.29 is 4.42 Å². The van der Waals surface area contributed by atoms with E-state index in [2.05, 4.69) is 55.3 Å². The largest absolute Gasteiger partial charge is 0.459 e. The Morgan fingerprint density at radius 2 is 1.95 bits per heavy atom. The summed E-state index contributed by atoms with van der Waals surface area (Å²) in [6.45, 7) is 9.83. The van der Waals surface area contributed by atoms with Gasteiger partial charge in [-0.1, -0.05) is 25.5 Å². The van der Waals surface area contributed by atoms with E-state index in [1.807, 2.05) is 7.05 Å². The van der Waals surface area contributed by atoms with Crippen LogP contribution in [0.15, 0.2) is 28.7 Å². The van der Waals surface area contributed by atoms with Gasteiger partial charge in [-0.2, -0.15) is 0 Å². The molecular formula is C17H26N2O. The number of fused-ring (bicyclic) bond motifs is 1. The van der Waals surface area contributed by atoms with Gasteiger partial charge < -0.3 is 14.6 Å². The molecule has 110 valence electrons. The van der Waals surface area contributed by atoms with Crippen LogP contribution in [-0.4, -0.2) is 31.6 Å². The molecule has 0 aliphatic rings. The minimum absolute atomic E-state index is 0.281. The molecule has 1 unspecified atom stereocenters. The van der Waals surface area contributed by atoms with Crippen molar-refractivity contribution in [2.24, 2.45) is 0 Å². The summed E-state index contributed by atoms with van der Waals surface area (Å²) in [5.74, 6) is 1.04. The SMILES string of the molecule is CCN(CC)CCC(NC)c1cc2cc(C)ccc2o1. The van der Waals surface area contributed by atoms with Gasteiger partial charge in [-0.05, 0) is 51.7 Å². The number of hydrogen-bond donors (Lipinski definition) is 1. The predicted octanol–water partition coefficient (Wildman–Crippen LogP) is 3.73. The number of nitrogens with zero attached hydrogens (tertiary/aromatic N) is 1. The van der Waals surface area contributed by atoms with E-state index in [9.17, 15) is 0 Å². The second kappa shape index (κ2) is 6.91. The highest BCUT2D eigenvalue weighted by atomic mass is 16.3. The summed E-state index contributed by atoms with van der Waals surface area (Å²) in [5.41, 5.74) is 2.25. The van der Waals surface area contributed by atoms with Crippen molar-refractivity contribution in [2.45, 2.75) is 33.2 Å². The molecule has 0 aliphatic heterocycles. The fourth-order valence-electron chi connectivity index (χ4n) is 2.64. The maximum Gasteiger partial charge on any atom is 0.134 e. The Bertz CT molecular complexity index is 543. The monoisotopic (exact) mass is 274 g/mol. The van der Waals surface area contributed by atoms with Gasteiger partial charge in [0.1, 0.15) is 11.3 Å². The fourth-order valence-corrected chi connectivity index (χ4v) is 2.64. The molecule has 1 heterocycles. The van der Waals surface area contributed by atoms with E-state index in [4.69, 9.17) is 4.42 Å². The van der Waals surface area contributed by atoms with Gasteiger partial charge in [-0.3, -0.25) is 0 Å². The molecule has 0 saturated carbocycles. The molecule has 2 aromatic rings. The molecule has 0 aliphatic carbocycles. The molecule has 0 amide bonds. The molecule has 0 bridgehead atoms. The Balaban J connectivity index is 2.12. The summed E-state index contributed by atoms with van der Waals surface area (Å²) < 4.78 is 5.99. The van der Waals surface area contributed by atoms with Crippen molar-refractivity contribution in [3.63, 3.8) is 0 Å². The summed E-state index contributed by atoms with van der Waals surface area (Å²) in [5, 5.41) is 4.57. The van der Waals surface area contributed by atoms with Gasteiger partial charge in [0.05, 0.1) is 6.04 Å². The summed E-state index contributed by atoms with van der Waals surface area (Å²) in [6, 6.07) is 8.79. The molecule has 1 N–H and O–H groups in total. The number of aryl methyl sites for hydroxylation is 1. The van der Waals surface area contributed by atoms with Crippen LogP contribution in [0.3, 0.4) is 0 Å². The smallest absolute Gasteiger partial charge is 0.134 e. The van der Waals surface area contributed by atoms with Crippen LogP contribution in [-0.2, 0) is 0 Å². The van der Waals surface area contributed by atoms with Gasteiger partial charge in [0.25, 0.3) is 0 Å². The van der Waals surface area contributed by atoms with Gasteiger partial charge in [-0.25, -0.2) is 0 Å². The van der Waals surface area contributed by atoms with Crippen molar-refractivity contribution in [2.75, 3.05) is 26.7 Å². The first kappa shape index (κ1) is 15.1. The van der Waals surface area contributed by atoms with E-state index >= 15 is 0 Å². The lowest BCUT2D eigenvalue weighted by atomic mass is 10.1. The summed E-state index contributed by atoms with van der Waals surface area (Å²) >= 11 is 0. The summed E-state index contributed by atoms with van der Waals surface area (Å²) in [6.07, 6.45) is 1.07. The normalized spacial score (nSPS) is 13.2. The first-order valence-electron chi connectivity index (χ1n) is 7.57. The molecule has 0 radical (unpaired) electrons. The first-order chi connectivity index (χ1) is 9.67. The van der Waals surface area contributed by atoms with E-state index in [0.29, 0.717) is 0 Å². The average Bonchev–Trinajstić information content (AvgIpc) is 2.86. The van der Waals surface area contributed by atoms with Gasteiger partial charge in [0.2, 0.25) is 0 Å². The lowest BCUT2D eigenvalue weighted by molar-refractivity contribution is 0.277. The van der Waals surface area contributed by atoms with E-state index in [0.717, 1.165) is 37.4 Å². The summed E-state index contributed by atoms with van der Waals surface area (Å²) in [4.78, 5) is 2.44. The van der Waals surface area contributed by atoms with Crippen LogP contribution in [0.4, 0.5) is 0 Å². The molecule has 3 nitrogen and oxygen atoms in total. The second-order valence-electron chi connectivity index (χ2n) is 5.35. The zero-order valence-corrected chi connectivity index (χ0v) is 13.1. The zero-order valence-electron chi connectivity index (χ0n) is 13.1. The first-order valence-corrected chi connectivity index (χ1v) is 7.57. The molecule has 1 aromatic carbocycles. The highest BCUT2D eigenvalue weighted by Crippen LogP contribution is 2.26. The van der Waals surface area contributed by atoms with Gasteiger partial charge in [-0.15, -0.1) is 0 Å². The molecule has 0 spiro atoms. The Labute approximate surface area is 122 Å². The zero-order chi connectivity index (χ0) is 14.5. The van der Waals surface area contributed by atoms with E-state index in [1.165, 1.54) is 10.9 Å². The number of nitrogens with one attached hydrogen (secondary N) is 1. The number of hydrogen-bond acceptors (Lipinski definition) is 3. The highest BCUT2D eigenvalue weighted by molar-refractivity contribution is 5.78. The van der Waals surface area contributed by atoms with E-state index < -0.39 is 0 Å². The third-order valence-corrected chi connectivity index (χ3v) is 4.01. The van der Waals surface area contributed by atoms with Crippen molar-refractivity contribution >= 4 is 11.0 Å². The number of furan rings is 1. The molecule has 0 fully saturated rings. The highest BCUT2D eigenvalue weighted by Gasteiger charge is 2.15. The quantitative estimate of drug-likeness (QED) is 0.834. The van der Waals surface area contributed by atoms with Crippen LogP contribution in [0.25, 0.3) is 11.0 Å². The van der Waals surface area contributed by atoms with Gasteiger partial charge >= 0.3 is 0 Å². The average molecular weight is 274 g/mol. The maximum atomic E-state index is 5.99. The van der Waals surface area contributed by atoms with Crippen molar-refractivity contribution in [3.8, 4) is 0 Å². The van der Waals surface area contributed by atoms with E-state index in [1.54, 1.807) is 0 Å². The summed E-state index contributed by atoms with van der Waals surface area (Å²) in [7, 11) is 2.01. The molecule has 0 saturated heterocycles. The molecule has 2 rings (SSSR count). The van der Waals surface area contributed by atoms with E-state index in [-0.39, 0.29) is 6.04 Å². The van der Waals surface area contributed by atoms with Crippen LogP contribution in [0.1, 0.15) is 37.6 Å². The molecule has 3 heteroatoms. The Kier molecular flexibility index (Phi) is 5.21. The fraction of sp³-hybridized carbons (Fsp3) is 0.529. The molecule has 1 atom stereocenters. The lowest BCUT2D eigenvalue weighted by Crippen LogP contribution is -2.28. The Morgan fingerprint density at radius 3 is 2.60 bits per heavy atom. The topological polar surface area (TPSA) is 28.4 Å². The van der Waals surface area contributed by atoms with Crippen LogP contribution >= 0.6 is 0 Å².